The van der Waals surface area contributed by atoms with Gasteiger partial charge in [-0.1, -0.05) is 30.3 Å². The zero-order valence-electron chi connectivity index (χ0n) is 17.0. The normalized spacial score (nSPS) is 12.2. The fourth-order valence-corrected chi connectivity index (χ4v) is 2.92. The van der Waals surface area contributed by atoms with Crippen LogP contribution in [0, 0.1) is 0 Å². The van der Waals surface area contributed by atoms with Gasteiger partial charge in [0.1, 0.15) is 0 Å². The van der Waals surface area contributed by atoms with Gasteiger partial charge in [-0.15, -0.1) is 10.2 Å². The summed E-state index contributed by atoms with van der Waals surface area (Å²) in [4.78, 5) is 24.6. The third-order valence-corrected chi connectivity index (χ3v) is 4.44. The number of halogens is 3. The minimum atomic E-state index is -4.94. The van der Waals surface area contributed by atoms with Crippen LogP contribution in [0.5, 0.6) is 5.88 Å². The summed E-state index contributed by atoms with van der Waals surface area (Å²) < 4.78 is 51.6. The number of carbonyl (C=O) groups excluding carboxylic acids is 2. The molecule has 9 nitrogen and oxygen atoms in total. The molecule has 1 aromatic carbocycles. The number of aromatic nitrogens is 4. The van der Waals surface area contributed by atoms with E-state index in [0.29, 0.717) is 10.2 Å². The van der Waals surface area contributed by atoms with Crippen molar-refractivity contribution in [3.63, 3.8) is 0 Å². The molecule has 1 unspecified atom stereocenters. The molecular weight excluding hydrogens is 431 g/mol. The third-order valence-electron chi connectivity index (χ3n) is 4.44. The van der Waals surface area contributed by atoms with Crippen molar-refractivity contribution in [2.24, 2.45) is 0 Å². The first kappa shape index (κ1) is 22.7. The molecule has 168 valence electrons. The number of rotatable bonds is 7. The summed E-state index contributed by atoms with van der Waals surface area (Å²) in [6.07, 6.45) is -4.43. The van der Waals surface area contributed by atoms with Crippen LogP contribution in [0.15, 0.2) is 48.7 Å². The zero-order valence-corrected chi connectivity index (χ0v) is 17.0. The van der Waals surface area contributed by atoms with Crippen LogP contribution in [0.2, 0.25) is 0 Å². The molecule has 0 spiro atoms. The highest BCUT2D eigenvalue weighted by Crippen LogP contribution is 2.33. The van der Waals surface area contributed by atoms with Crippen LogP contribution < -0.4 is 10.1 Å². The fourth-order valence-electron chi connectivity index (χ4n) is 2.92. The molecule has 12 heteroatoms. The van der Waals surface area contributed by atoms with Gasteiger partial charge in [0.25, 0.3) is 5.91 Å². The van der Waals surface area contributed by atoms with Crippen molar-refractivity contribution >= 4 is 11.9 Å². The van der Waals surface area contributed by atoms with Gasteiger partial charge in [-0.05, 0) is 11.6 Å². The Bertz CT molecular complexity index is 1080. The van der Waals surface area contributed by atoms with Crippen LogP contribution in [-0.2, 0) is 15.7 Å². The topological polar surface area (TPSA) is 108 Å². The van der Waals surface area contributed by atoms with E-state index < -0.39 is 35.4 Å². The van der Waals surface area contributed by atoms with Crippen molar-refractivity contribution in [3.05, 3.63) is 65.5 Å². The number of methoxy groups -OCH3 is 2. The third kappa shape index (κ3) is 5.02. The monoisotopic (exact) mass is 449 g/mol. The van der Waals surface area contributed by atoms with E-state index in [2.05, 4.69) is 25.3 Å². The highest BCUT2D eigenvalue weighted by Gasteiger charge is 2.41. The maximum atomic E-state index is 13.9. The molecule has 1 N–H and O–H groups in total. The zero-order chi connectivity index (χ0) is 23.3. The van der Waals surface area contributed by atoms with Crippen LogP contribution in [0.1, 0.15) is 34.1 Å². The number of carbonyl (C=O) groups is 2. The lowest BCUT2D eigenvalue weighted by Crippen LogP contribution is -2.32. The minimum Gasteiger partial charge on any atom is -0.480 e. The number of amides is 1. The summed E-state index contributed by atoms with van der Waals surface area (Å²) in [7, 11) is 2.51. The van der Waals surface area contributed by atoms with Crippen molar-refractivity contribution in [3.8, 4) is 11.7 Å². The first-order chi connectivity index (χ1) is 15.2. The van der Waals surface area contributed by atoms with Crippen LogP contribution in [0.4, 0.5) is 13.2 Å². The molecule has 0 radical (unpaired) electrons. The molecule has 0 fully saturated rings. The van der Waals surface area contributed by atoms with Gasteiger partial charge >= 0.3 is 12.1 Å². The lowest BCUT2D eigenvalue weighted by Gasteiger charge is -2.19. The molecule has 0 saturated heterocycles. The molecular formula is C20H18F3N5O4. The largest absolute Gasteiger partial charge is 0.480 e. The Labute approximate surface area is 180 Å². The number of ether oxygens (including phenoxy) is 2. The molecule has 0 bridgehead atoms. The van der Waals surface area contributed by atoms with Gasteiger partial charge in [-0.3, -0.25) is 9.59 Å². The average Bonchev–Trinajstić information content (AvgIpc) is 3.25. The molecule has 3 rings (SSSR count). The van der Waals surface area contributed by atoms with Crippen molar-refractivity contribution < 1.29 is 32.2 Å². The smallest absolute Gasteiger partial charge is 0.434 e. The summed E-state index contributed by atoms with van der Waals surface area (Å²) in [6, 6.07) is 9.96. The second kappa shape index (κ2) is 9.45. The van der Waals surface area contributed by atoms with Crippen LogP contribution >= 0.6 is 0 Å². The Hall–Kier alpha value is -3.96. The Morgan fingerprint density at radius 1 is 1.09 bits per heavy atom. The molecule has 2 aromatic heterocycles. The number of esters is 1. The standard InChI is InChI=1S/C20H18F3N5O4/c1-31-16-9-8-15(26-27-16)28-18(20(21,22)23)13(11-24-28)19(30)25-14(10-17(29)32-2)12-6-4-3-5-7-12/h3-9,11,14H,10H2,1-2H3,(H,25,30). The lowest BCUT2D eigenvalue weighted by molar-refractivity contribution is -0.143. The quantitative estimate of drug-likeness (QED) is 0.553. The second-order valence-electron chi connectivity index (χ2n) is 6.47. The SMILES string of the molecule is COC(=O)CC(NC(=O)c1cnn(-c2ccc(OC)nn2)c1C(F)(F)F)c1ccccc1. The van der Waals surface area contributed by atoms with Gasteiger partial charge in [0.05, 0.1) is 38.4 Å². The molecule has 0 saturated carbocycles. The number of hydrogen-bond acceptors (Lipinski definition) is 7. The second-order valence-corrected chi connectivity index (χ2v) is 6.47. The van der Waals surface area contributed by atoms with Gasteiger partial charge in [-0.25, -0.2) is 4.68 Å². The van der Waals surface area contributed by atoms with Crippen LogP contribution in [0.25, 0.3) is 5.82 Å². The summed E-state index contributed by atoms with van der Waals surface area (Å²) in [5.41, 5.74) is -1.55. The molecule has 0 aliphatic carbocycles. The average molecular weight is 449 g/mol. The first-order valence-electron chi connectivity index (χ1n) is 9.20. The first-order valence-corrected chi connectivity index (χ1v) is 9.20. The Balaban J connectivity index is 1.97. The number of nitrogens with one attached hydrogen (secondary N) is 1. The predicted molar refractivity (Wildman–Crippen MR) is 104 cm³/mol. The van der Waals surface area contributed by atoms with Gasteiger partial charge < -0.3 is 14.8 Å². The number of hydrogen-bond donors (Lipinski definition) is 1. The Kier molecular flexibility index (Phi) is 6.71. The van der Waals surface area contributed by atoms with E-state index in [1.165, 1.54) is 26.4 Å². The van der Waals surface area contributed by atoms with Crippen molar-refractivity contribution in [2.75, 3.05) is 14.2 Å². The molecule has 0 aliphatic rings. The van der Waals surface area contributed by atoms with Crippen molar-refractivity contribution in [1.82, 2.24) is 25.3 Å². The van der Waals surface area contributed by atoms with Gasteiger partial charge in [0.2, 0.25) is 5.88 Å². The molecule has 3 aromatic rings. The number of benzene rings is 1. The van der Waals surface area contributed by atoms with Crippen molar-refractivity contribution in [2.45, 2.75) is 18.6 Å². The molecule has 0 aliphatic heterocycles. The van der Waals surface area contributed by atoms with E-state index in [9.17, 15) is 22.8 Å². The van der Waals surface area contributed by atoms with Gasteiger partial charge in [-0.2, -0.15) is 18.3 Å². The summed E-state index contributed by atoms with van der Waals surface area (Å²) in [6.45, 7) is 0. The van der Waals surface area contributed by atoms with E-state index in [1.807, 2.05) is 0 Å². The van der Waals surface area contributed by atoms with E-state index in [1.54, 1.807) is 30.3 Å². The Morgan fingerprint density at radius 2 is 1.81 bits per heavy atom. The Morgan fingerprint density at radius 3 is 2.38 bits per heavy atom. The minimum absolute atomic E-state index is 0.0981. The van der Waals surface area contributed by atoms with E-state index in [4.69, 9.17) is 4.74 Å². The maximum absolute atomic E-state index is 13.9. The lowest BCUT2D eigenvalue weighted by atomic mass is 10.0. The maximum Gasteiger partial charge on any atom is 0.434 e. The highest BCUT2D eigenvalue weighted by atomic mass is 19.4. The number of nitrogens with zero attached hydrogens (tertiary/aromatic N) is 4. The molecule has 2 heterocycles. The van der Waals surface area contributed by atoms with Crippen LogP contribution in [-0.4, -0.2) is 46.1 Å². The van der Waals surface area contributed by atoms with Gasteiger partial charge in [0.15, 0.2) is 11.5 Å². The summed E-state index contributed by atoms with van der Waals surface area (Å²) in [5, 5.41) is 13.4. The van der Waals surface area contributed by atoms with Crippen molar-refractivity contribution in [1.29, 1.82) is 0 Å². The number of alkyl halides is 3. The van der Waals surface area contributed by atoms with E-state index in [-0.39, 0.29) is 18.1 Å². The van der Waals surface area contributed by atoms with E-state index >= 15 is 0 Å². The fraction of sp³-hybridized carbons (Fsp3) is 0.250. The summed E-state index contributed by atoms with van der Waals surface area (Å²) in [5.74, 6) is -1.87. The molecule has 1 amide bonds. The van der Waals surface area contributed by atoms with E-state index in [0.717, 1.165) is 6.20 Å². The summed E-state index contributed by atoms with van der Waals surface area (Å²) >= 11 is 0. The highest BCUT2D eigenvalue weighted by molar-refractivity contribution is 5.96. The predicted octanol–water partition coefficient (Wildman–Crippen LogP) is 2.72. The van der Waals surface area contributed by atoms with Gasteiger partial charge in [0, 0.05) is 6.07 Å². The van der Waals surface area contributed by atoms with Crippen LogP contribution in [0.3, 0.4) is 0 Å². The molecule has 32 heavy (non-hydrogen) atoms. The molecule has 1 atom stereocenters.